The standard InChI is InChI=1S/C23H31NO3/c1-6-24(16-20-11-12-21(26-4)22(14-20)27-5)23(25)15-19-9-7-18(8-10-19)13-17(2)3/h7-12,14,17H,6,13,15-16H2,1-5H3. The highest BCUT2D eigenvalue weighted by atomic mass is 16.5. The quantitative estimate of drug-likeness (QED) is 0.653. The molecule has 0 radical (unpaired) electrons. The van der Waals surface area contributed by atoms with Crippen LogP contribution in [-0.2, 0) is 24.2 Å². The Bertz CT molecular complexity index is 738. The van der Waals surface area contributed by atoms with Crippen molar-refractivity contribution in [2.24, 2.45) is 5.92 Å². The van der Waals surface area contributed by atoms with Gasteiger partial charge in [-0.15, -0.1) is 0 Å². The fourth-order valence-electron chi connectivity index (χ4n) is 3.13. The maximum atomic E-state index is 12.8. The van der Waals surface area contributed by atoms with Gasteiger partial charge in [-0.25, -0.2) is 0 Å². The van der Waals surface area contributed by atoms with E-state index in [4.69, 9.17) is 9.47 Å². The third kappa shape index (κ3) is 6.02. The predicted molar refractivity (Wildman–Crippen MR) is 109 cm³/mol. The molecule has 0 aliphatic rings. The molecule has 2 rings (SSSR count). The number of likely N-dealkylation sites (N-methyl/N-ethyl adjacent to an activating group) is 1. The van der Waals surface area contributed by atoms with Gasteiger partial charge >= 0.3 is 0 Å². The maximum absolute atomic E-state index is 12.8. The van der Waals surface area contributed by atoms with E-state index in [1.807, 2.05) is 30.0 Å². The highest BCUT2D eigenvalue weighted by Crippen LogP contribution is 2.28. The number of hydrogen-bond donors (Lipinski definition) is 0. The summed E-state index contributed by atoms with van der Waals surface area (Å²) in [6, 6.07) is 14.2. The van der Waals surface area contributed by atoms with Gasteiger partial charge in [-0.2, -0.15) is 0 Å². The van der Waals surface area contributed by atoms with Crippen molar-refractivity contribution < 1.29 is 14.3 Å². The van der Waals surface area contributed by atoms with E-state index in [9.17, 15) is 4.79 Å². The van der Waals surface area contributed by atoms with E-state index >= 15 is 0 Å². The first kappa shape index (κ1) is 20.8. The van der Waals surface area contributed by atoms with E-state index in [-0.39, 0.29) is 5.91 Å². The largest absolute Gasteiger partial charge is 0.493 e. The van der Waals surface area contributed by atoms with Crippen molar-refractivity contribution in [3.8, 4) is 11.5 Å². The molecule has 4 nitrogen and oxygen atoms in total. The van der Waals surface area contributed by atoms with Crippen LogP contribution in [0.25, 0.3) is 0 Å². The number of ether oxygens (including phenoxy) is 2. The van der Waals surface area contributed by atoms with Crippen LogP contribution >= 0.6 is 0 Å². The van der Waals surface area contributed by atoms with Crippen molar-refractivity contribution in [3.63, 3.8) is 0 Å². The summed E-state index contributed by atoms with van der Waals surface area (Å²) in [6.07, 6.45) is 1.48. The van der Waals surface area contributed by atoms with Gasteiger partial charge in [0, 0.05) is 13.1 Å². The molecular weight excluding hydrogens is 338 g/mol. The topological polar surface area (TPSA) is 38.8 Å². The Kier molecular flexibility index (Phi) is 7.71. The lowest BCUT2D eigenvalue weighted by atomic mass is 10.0. The zero-order valence-corrected chi connectivity index (χ0v) is 17.1. The summed E-state index contributed by atoms with van der Waals surface area (Å²) in [7, 11) is 3.24. The van der Waals surface area contributed by atoms with E-state index in [0.717, 1.165) is 17.5 Å². The molecule has 0 fully saturated rings. The molecule has 0 saturated heterocycles. The number of methoxy groups -OCH3 is 2. The Morgan fingerprint density at radius 1 is 0.926 bits per heavy atom. The summed E-state index contributed by atoms with van der Waals surface area (Å²) in [5.41, 5.74) is 3.40. The molecule has 146 valence electrons. The molecular formula is C23H31NO3. The Hall–Kier alpha value is -2.49. The molecule has 0 spiro atoms. The van der Waals surface area contributed by atoms with Crippen LogP contribution in [0.3, 0.4) is 0 Å². The van der Waals surface area contributed by atoms with Gasteiger partial charge in [0.2, 0.25) is 5.91 Å². The summed E-state index contributed by atoms with van der Waals surface area (Å²) in [5, 5.41) is 0. The lowest BCUT2D eigenvalue weighted by molar-refractivity contribution is -0.130. The van der Waals surface area contributed by atoms with Gasteiger partial charge < -0.3 is 14.4 Å². The number of amides is 1. The van der Waals surface area contributed by atoms with Crippen LogP contribution in [0, 0.1) is 5.92 Å². The van der Waals surface area contributed by atoms with Crippen LogP contribution in [-0.4, -0.2) is 31.6 Å². The van der Waals surface area contributed by atoms with Crippen molar-refractivity contribution in [1.82, 2.24) is 4.90 Å². The number of nitrogens with zero attached hydrogens (tertiary/aromatic N) is 1. The molecule has 0 aliphatic heterocycles. The van der Waals surface area contributed by atoms with Gasteiger partial charge in [0.15, 0.2) is 11.5 Å². The Balaban J connectivity index is 2.03. The molecule has 0 atom stereocenters. The molecule has 2 aromatic carbocycles. The second-order valence-corrected chi connectivity index (χ2v) is 7.19. The van der Waals surface area contributed by atoms with E-state index in [0.29, 0.717) is 36.9 Å². The summed E-state index contributed by atoms with van der Waals surface area (Å²) in [4.78, 5) is 14.6. The fourth-order valence-corrected chi connectivity index (χ4v) is 3.13. The monoisotopic (exact) mass is 369 g/mol. The first-order valence-corrected chi connectivity index (χ1v) is 9.53. The molecule has 0 saturated carbocycles. The Labute approximate surface area is 163 Å². The number of carbonyl (C=O) groups excluding carboxylic acids is 1. The van der Waals surface area contributed by atoms with Crippen molar-refractivity contribution in [2.45, 2.75) is 40.2 Å². The molecule has 0 heterocycles. The first-order chi connectivity index (χ1) is 13.0. The third-order valence-corrected chi connectivity index (χ3v) is 4.58. The SMILES string of the molecule is CCN(Cc1ccc(OC)c(OC)c1)C(=O)Cc1ccc(CC(C)C)cc1. The molecule has 27 heavy (non-hydrogen) atoms. The smallest absolute Gasteiger partial charge is 0.227 e. The fraction of sp³-hybridized carbons (Fsp3) is 0.435. The summed E-state index contributed by atoms with van der Waals surface area (Å²) >= 11 is 0. The zero-order chi connectivity index (χ0) is 19.8. The Morgan fingerprint density at radius 2 is 1.52 bits per heavy atom. The molecule has 0 bridgehead atoms. The van der Waals surface area contributed by atoms with Crippen molar-refractivity contribution in [3.05, 3.63) is 59.2 Å². The molecule has 0 N–H and O–H groups in total. The van der Waals surface area contributed by atoms with E-state index in [1.165, 1.54) is 5.56 Å². The molecule has 0 unspecified atom stereocenters. The minimum Gasteiger partial charge on any atom is -0.493 e. The van der Waals surface area contributed by atoms with Crippen molar-refractivity contribution >= 4 is 5.91 Å². The van der Waals surface area contributed by atoms with Gasteiger partial charge in [0.1, 0.15) is 0 Å². The number of benzene rings is 2. The van der Waals surface area contributed by atoms with E-state index in [2.05, 4.69) is 38.1 Å². The minimum atomic E-state index is 0.129. The lowest BCUT2D eigenvalue weighted by Crippen LogP contribution is -2.31. The Morgan fingerprint density at radius 3 is 2.07 bits per heavy atom. The molecule has 1 amide bonds. The maximum Gasteiger partial charge on any atom is 0.227 e. The normalized spacial score (nSPS) is 10.7. The average molecular weight is 370 g/mol. The third-order valence-electron chi connectivity index (χ3n) is 4.58. The van der Waals surface area contributed by atoms with Gasteiger partial charge in [-0.05, 0) is 48.1 Å². The molecule has 0 aromatic heterocycles. The number of hydrogen-bond acceptors (Lipinski definition) is 3. The first-order valence-electron chi connectivity index (χ1n) is 9.53. The zero-order valence-electron chi connectivity index (χ0n) is 17.1. The summed E-state index contributed by atoms with van der Waals surface area (Å²) < 4.78 is 10.6. The van der Waals surface area contributed by atoms with Crippen LogP contribution < -0.4 is 9.47 Å². The average Bonchev–Trinajstić information content (AvgIpc) is 2.66. The summed E-state index contributed by atoms with van der Waals surface area (Å²) in [6.45, 7) is 7.65. The van der Waals surface area contributed by atoms with Crippen LogP contribution in [0.2, 0.25) is 0 Å². The van der Waals surface area contributed by atoms with Gasteiger partial charge in [0.05, 0.1) is 20.6 Å². The van der Waals surface area contributed by atoms with Crippen LogP contribution in [0.5, 0.6) is 11.5 Å². The van der Waals surface area contributed by atoms with E-state index < -0.39 is 0 Å². The van der Waals surface area contributed by atoms with Crippen molar-refractivity contribution in [1.29, 1.82) is 0 Å². The highest BCUT2D eigenvalue weighted by molar-refractivity contribution is 5.78. The van der Waals surface area contributed by atoms with Gasteiger partial charge in [-0.1, -0.05) is 44.2 Å². The molecule has 2 aromatic rings. The van der Waals surface area contributed by atoms with Crippen molar-refractivity contribution in [2.75, 3.05) is 20.8 Å². The second-order valence-electron chi connectivity index (χ2n) is 7.19. The lowest BCUT2D eigenvalue weighted by Gasteiger charge is -2.22. The van der Waals surface area contributed by atoms with Gasteiger partial charge in [0.25, 0.3) is 0 Å². The second kappa shape index (κ2) is 10.0. The number of carbonyl (C=O) groups is 1. The van der Waals surface area contributed by atoms with Gasteiger partial charge in [-0.3, -0.25) is 4.79 Å². The minimum absolute atomic E-state index is 0.129. The van der Waals surface area contributed by atoms with Crippen LogP contribution in [0.4, 0.5) is 0 Å². The van der Waals surface area contributed by atoms with E-state index in [1.54, 1.807) is 14.2 Å². The summed E-state index contributed by atoms with van der Waals surface area (Å²) in [5.74, 6) is 2.13. The highest BCUT2D eigenvalue weighted by Gasteiger charge is 2.14. The molecule has 4 heteroatoms. The predicted octanol–water partition coefficient (Wildman–Crippen LogP) is 4.49. The van der Waals surface area contributed by atoms with Crippen LogP contribution in [0.1, 0.15) is 37.5 Å². The van der Waals surface area contributed by atoms with Crippen LogP contribution in [0.15, 0.2) is 42.5 Å². The number of rotatable bonds is 9. The molecule has 0 aliphatic carbocycles.